The average Bonchev–Trinajstić information content (AvgIpc) is 3.12. The van der Waals surface area contributed by atoms with Gasteiger partial charge >= 0.3 is 0 Å². The van der Waals surface area contributed by atoms with E-state index in [9.17, 15) is 5.26 Å². The van der Waals surface area contributed by atoms with Crippen molar-refractivity contribution in [3.05, 3.63) is 191 Å². The molecule has 218 valence electrons. The van der Waals surface area contributed by atoms with Crippen LogP contribution in [0, 0.1) is 17.9 Å². The number of fused-ring (bicyclic) bond motifs is 2. The maximum Gasteiger partial charge on any atom is 0.265 e. The van der Waals surface area contributed by atoms with Gasteiger partial charge in [-0.15, -0.1) is 0 Å². The zero-order valence-corrected chi connectivity index (χ0v) is 25.0. The third kappa shape index (κ3) is 5.76. The first kappa shape index (κ1) is 28.4. The summed E-state index contributed by atoms with van der Waals surface area (Å²) in [6.07, 6.45) is 5.92. The molecule has 0 saturated heterocycles. The maximum absolute atomic E-state index is 9.56. The molecule has 6 aromatic carbocycles. The molecule has 6 aromatic rings. The molecule has 1 unspecified atom stereocenters. The van der Waals surface area contributed by atoms with Crippen molar-refractivity contribution in [3.8, 4) is 6.07 Å². The van der Waals surface area contributed by atoms with Crippen LogP contribution in [-0.2, 0) is 4.74 Å². The average molecular weight is 592 g/mol. The number of anilines is 3. The molecule has 4 nitrogen and oxygen atoms in total. The minimum atomic E-state index is -0.274. The molecule has 7 rings (SSSR count). The molecule has 1 heterocycles. The summed E-state index contributed by atoms with van der Waals surface area (Å²) in [6, 6.07) is 50.4. The van der Waals surface area contributed by atoms with Crippen LogP contribution in [0.15, 0.2) is 169 Å². The number of hydrogen-bond donors (Lipinski definition) is 0. The molecule has 46 heavy (non-hydrogen) atoms. The van der Waals surface area contributed by atoms with Crippen LogP contribution >= 0.6 is 0 Å². The maximum atomic E-state index is 9.56. The van der Waals surface area contributed by atoms with Gasteiger partial charge in [-0.2, -0.15) is 0 Å². The van der Waals surface area contributed by atoms with Crippen molar-refractivity contribution in [2.75, 3.05) is 4.90 Å². The Hall–Kier alpha value is -6.36. The molecule has 1 aliphatic heterocycles. The molecule has 0 spiro atoms. The van der Waals surface area contributed by atoms with E-state index < -0.39 is 0 Å². The first-order chi connectivity index (χ1) is 22.7. The number of benzene rings is 6. The van der Waals surface area contributed by atoms with Gasteiger partial charge in [0.1, 0.15) is 11.9 Å². The second-order valence-corrected chi connectivity index (χ2v) is 11.2. The van der Waals surface area contributed by atoms with E-state index in [4.69, 9.17) is 11.3 Å². The third-order valence-electron chi connectivity index (χ3n) is 8.28. The minimum Gasteiger partial charge on any atom is -0.485 e. The fourth-order valence-corrected chi connectivity index (χ4v) is 6.00. The van der Waals surface area contributed by atoms with E-state index in [0.29, 0.717) is 17.8 Å². The lowest BCUT2D eigenvalue weighted by Gasteiger charge is -2.27. The van der Waals surface area contributed by atoms with Crippen molar-refractivity contribution in [1.82, 2.24) is 0 Å². The second kappa shape index (κ2) is 12.7. The Balaban J connectivity index is 1.24. The van der Waals surface area contributed by atoms with Crippen LogP contribution < -0.4 is 4.90 Å². The Kier molecular flexibility index (Phi) is 7.85. The van der Waals surface area contributed by atoms with Gasteiger partial charge in [0.05, 0.1) is 18.3 Å². The Labute approximate surface area is 268 Å². The molecule has 0 saturated carbocycles. The summed E-state index contributed by atoms with van der Waals surface area (Å²) < 4.78 is 6.34. The summed E-state index contributed by atoms with van der Waals surface area (Å²) in [5, 5.41) is 14.3. The molecule has 0 amide bonds. The summed E-state index contributed by atoms with van der Waals surface area (Å²) in [4.78, 5) is 5.77. The third-order valence-corrected chi connectivity index (χ3v) is 8.28. The van der Waals surface area contributed by atoms with E-state index in [-0.39, 0.29) is 11.8 Å². The van der Waals surface area contributed by atoms with Gasteiger partial charge in [-0.05, 0) is 75.3 Å². The minimum absolute atomic E-state index is 0.0988. The van der Waals surface area contributed by atoms with Crippen molar-refractivity contribution in [2.24, 2.45) is 0 Å². The summed E-state index contributed by atoms with van der Waals surface area (Å²) in [7, 11) is 0. The van der Waals surface area contributed by atoms with E-state index in [1.54, 1.807) is 0 Å². The lowest BCUT2D eigenvalue weighted by Crippen LogP contribution is -2.10. The zero-order valence-electron chi connectivity index (χ0n) is 25.0. The van der Waals surface area contributed by atoms with Crippen molar-refractivity contribution in [2.45, 2.75) is 12.5 Å². The quantitative estimate of drug-likeness (QED) is 0.143. The Morgan fingerprint density at radius 3 is 2.22 bits per heavy atom. The predicted molar refractivity (Wildman–Crippen MR) is 187 cm³/mol. The van der Waals surface area contributed by atoms with Crippen LogP contribution in [0.25, 0.3) is 32.5 Å². The van der Waals surface area contributed by atoms with Crippen LogP contribution in [0.3, 0.4) is 0 Å². The van der Waals surface area contributed by atoms with E-state index in [1.165, 1.54) is 21.5 Å². The highest BCUT2D eigenvalue weighted by Gasteiger charge is 2.22. The van der Waals surface area contributed by atoms with E-state index in [0.717, 1.165) is 28.2 Å². The van der Waals surface area contributed by atoms with Crippen LogP contribution in [0.4, 0.5) is 17.1 Å². The smallest absolute Gasteiger partial charge is 0.265 e. The number of hydrogen-bond acceptors (Lipinski definition) is 3. The standard InChI is InChI=1S/C42H29N3O/c1-44-40(29-43)35-27-38(46-42(28-35)33-12-3-2-4-13-33)25-20-30-18-22-36(23-19-30)45(37-24-21-31-10-5-6-14-34(31)26-37)41-17-9-15-32-11-7-8-16-39(32)41/h2-27,42H,28H2/b25-20+,40-35?. The lowest BCUT2D eigenvalue weighted by molar-refractivity contribution is 0.118. The normalized spacial score (nSPS) is 15.5. The molecular formula is C42H29N3O. The van der Waals surface area contributed by atoms with Gasteiger partial charge in [-0.25, -0.2) is 10.1 Å². The Morgan fingerprint density at radius 2 is 1.43 bits per heavy atom. The molecule has 0 N–H and O–H groups in total. The summed E-state index contributed by atoms with van der Waals surface area (Å²) in [6.45, 7) is 7.48. The molecule has 0 aromatic heterocycles. The molecular weight excluding hydrogens is 562 g/mol. The summed E-state index contributed by atoms with van der Waals surface area (Å²) in [5.41, 5.74) is 6.03. The highest BCUT2D eigenvalue weighted by molar-refractivity contribution is 6.00. The summed E-state index contributed by atoms with van der Waals surface area (Å²) in [5.74, 6) is 0.615. The van der Waals surface area contributed by atoms with Gasteiger partial charge in [0.25, 0.3) is 5.70 Å². The van der Waals surface area contributed by atoms with E-state index in [2.05, 4.69) is 119 Å². The van der Waals surface area contributed by atoms with Gasteiger partial charge in [-0.3, -0.25) is 0 Å². The highest BCUT2D eigenvalue weighted by Crippen LogP contribution is 2.40. The topological polar surface area (TPSA) is 40.6 Å². The molecule has 0 aliphatic carbocycles. The summed E-state index contributed by atoms with van der Waals surface area (Å²) >= 11 is 0. The van der Waals surface area contributed by atoms with E-state index >= 15 is 0 Å². The number of rotatable bonds is 6. The van der Waals surface area contributed by atoms with Gasteiger partial charge < -0.3 is 9.64 Å². The molecule has 4 heteroatoms. The van der Waals surface area contributed by atoms with Gasteiger partial charge in [-0.1, -0.05) is 115 Å². The molecule has 1 aliphatic rings. The van der Waals surface area contributed by atoms with Crippen LogP contribution in [0.1, 0.15) is 23.7 Å². The fourth-order valence-electron chi connectivity index (χ4n) is 6.00. The van der Waals surface area contributed by atoms with Crippen LogP contribution in [-0.4, -0.2) is 0 Å². The second-order valence-electron chi connectivity index (χ2n) is 11.2. The van der Waals surface area contributed by atoms with Crippen molar-refractivity contribution >= 4 is 44.7 Å². The number of ether oxygens (including phenoxy) is 1. The lowest BCUT2D eigenvalue weighted by atomic mass is 9.97. The largest absolute Gasteiger partial charge is 0.485 e. The van der Waals surface area contributed by atoms with Crippen LogP contribution in [0.2, 0.25) is 0 Å². The SMILES string of the molecule is [C-]#[N+]C(C#N)=C1C=C(/C=C/c2ccc(N(c3ccc4ccccc4c3)c3cccc4ccccc34)cc2)OC(c2ccccc2)C1. The van der Waals surface area contributed by atoms with Gasteiger partial charge in [0, 0.05) is 23.2 Å². The zero-order chi connectivity index (χ0) is 31.3. The van der Waals surface area contributed by atoms with Crippen LogP contribution in [0.5, 0.6) is 0 Å². The predicted octanol–water partition coefficient (Wildman–Crippen LogP) is 11.2. The fraction of sp³-hybridized carbons (Fsp3) is 0.0476. The van der Waals surface area contributed by atoms with Crippen molar-refractivity contribution in [1.29, 1.82) is 5.26 Å². The first-order valence-corrected chi connectivity index (χ1v) is 15.2. The van der Waals surface area contributed by atoms with E-state index in [1.807, 2.05) is 54.6 Å². The van der Waals surface area contributed by atoms with Gasteiger partial charge in [0.15, 0.2) is 0 Å². The molecule has 0 bridgehead atoms. The first-order valence-electron chi connectivity index (χ1n) is 15.2. The number of allylic oxidation sites excluding steroid dienone is 3. The number of nitriles is 1. The van der Waals surface area contributed by atoms with Crippen molar-refractivity contribution < 1.29 is 4.74 Å². The Morgan fingerprint density at radius 1 is 0.739 bits per heavy atom. The van der Waals surface area contributed by atoms with Crippen molar-refractivity contribution in [3.63, 3.8) is 0 Å². The molecule has 0 fully saturated rings. The molecule has 0 radical (unpaired) electrons. The number of nitrogens with zero attached hydrogens (tertiary/aromatic N) is 3. The monoisotopic (exact) mass is 591 g/mol. The Bertz CT molecular complexity index is 2210. The van der Waals surface area contributed by atoms with Gasteiger partial charge in [0.2, 0.25) is 0 Å². The highest BCUT2D eigenvalue weighted by atomic mass is 16.5. The molecule has 1 atom stereocenters.